The van der Waals surface area contributed by atoms with Crippen molar-refractivity contribution in [3.63, 3.8) is 0 Å². The Morgan fingerprint density at radius 2 is 1.82 bits per heavy atom. The summed E-state index contributed by atoms with van der Waals surface area (Å²) in [6.45, 7) is 7.48. The van der Waals surface area contributed by atoms with Gasteiger partial charge in [-0.15, -0.1) is 0 Å². The van der Waals surface area contributed by atoms with E-state index in [-0.39, 0.29) is 29.3 Å². The van der Waals surface area contributed by atoms with Crippen LogP contribution in [0, 0.1) is 5.92 Å². The van der Waals surface area contributed by atoms with Crippen molar-refractivity contribution >= 4 is 28.7 Å². The van der Waals surface area contributed by atoms with E-state index in [1.165, 1.54) is 0 Å². The Morgan fingerprint density at radius 1 is 1.12 bits per heavy atom. The molecule has 3 aromatic rings. The molecular formula is C28H34F2N6O4. The molecule has 2 fully saturated rings. The summed E-state index contributed by atoms with van der Waals surface area (Å²) in [6.07, 6.45) is 0.666. The van der Waals surface area contributed by atoms with Crippen LogP contribution in [0.15, 0.2) is 36.7 Å². The van der Waals surface area contributed by atoms with Gasteiger partial charge >= 0.3 is 12.6 Å². The molecule has 2 atom stereocenters. The van der Waals surface area contributed by atoms with E-state index in [2.05, 4.69) is 20.2 Å². The molecule has 4 heterocycles. The molecule has 0 spiro atoms. The van der Waals surface area contributed by atoms with E-state index in [1.807, 2.05) is 52.0 Å². The van der Waals surface area contributed by atoms with Crippen LogP contribution < -0.4 is 15.0 Å². The summed E-state index contributed by atoms with van der Waals surface area (Å²) >= 11 is 0. The molecule has 0 aliphatic carbocycles. The van der Waals surface area contributed by atoms with Crippen molar-refractivity contribution in [3.8, 4) is 17.1 Å². The molecule has 0 saturated carbocycles. The summed E-state index contributed by atoms with van der Waals surface area (Å²) in [7, 11) is 0. The van der Waals surface area contributed by atoms with E-state index >= 15 is 0 Å². The quantitative estimate of drug-likeness (QED) is 0.479. The lowest BCUT2D eigenvalue weighted by Gasteiger charge is -2.36. The van der Waals surface area contributed by atoms with Gasteiger partial charge in [-0.2, -0.15) is 8.78 Å². The Balaban J connectivity index is 1.34. The molecule has 10 nitrogen and oxygen atoms in total. The summed E-state index contributed by atoms with van der Waals surface area (Å²) in [6, 6.07) is 9.45. The molecule has 2 aliphatic heterocycles. The second-order valence-electron chi connectivity index (χ2n) is 11.2. The van der Waals surface area contributed by atoms with E-state index in [4.69, 9.17) is 9.47 Å². The van der Waals surface area contributed by atoms with Crippen LogP contribution in [-0.4, -0.2) is 75.9 Å². The maximum atomic E-state index is 13.7. The predicted octanol–water partition coefficient (Wildman–Crippen LogP) is 4.45. The number of imidazole rings is 1. The molecule has 2 saturated heterocycles. The average molecular weight is 557 g/mol. The third-order valence-corrected chi connectivity index (χ3v) is 7.16. The normalized spacial score (nSPS) is 18.8. The number of anilines is 1. The van der Waals surface area contributed by atoms with Gasteiger partial charge in [0.1, 0.15) is 23.5 Å². The second kappa shape index (κ2) is 10.9. The van der Waals surface area contributed by atoms with Gasteiger partial charge in [-0.25, -0.2) is 14.8 Å². The first kappa shape index (κ1) is 27.6. The number of pyridine rings is 1. The first-order chi connectivity index (χ1) is 19.0. The van der Waals surface area contributed by atoms with E-state index in [0.717, 1.165) is 22.1 Å². The number of piperazine rings is 1. The minimum absolute atomic E-state index is 0.0551. The molecule has 12 heteroatoms. The molecule has 2 aliphatic rings. The number of benzene rings is 1. The van der Waals surface area contributed by atoms with Gasteiger partial charge in [-0.05, 0) is 45.9 Å². The lowest BCUT2D eigenvalue weighted by Crippen LogP contribution is -2.50. The van der Waals surface area contributed by atoms with Crippen LogP contribution in [0.5, 0.6) is 5.88 Å². The summed E-state index contributed by atoms with van der Waals surface area (Å²) in [5.74, 6) is -0.0956. The summed E-state index contributed by atoms with van der Waals surface area (Å²) in [4.78, 5) is 36.8. The van der Waals surface area contributed by atoms with E-state index < -0.39 is 18.3 Å². The minimum atomic E-state index is -2.81. The molecule has 1 N–H and O–H groups in total. The third-order valence-electron chi connectivity index (χ3n) is 7.16. The number of rotatable bonds is 6. The Bertz CT molecular complexity index is 1380. The van der Waals surface area contributed by atoms with Crippen LogP contribution in [-0.2, 0) is 9.53 Å². The average Bonchev–Trinajstić information content (AvgIpc) is 3.54. The molecule has 2 aromatic heterocycles. The van der Waals surface area contributed by atoms with Gasteiger partial charge in [0.25, 0.3) is 0 Å². The number of hydrogen-bond donors (Lipinski definition) is 1. The zero-order chi connectivity index (χ0) is 28.6. The predicted molar refractivity (Wildman–Crippen MR) is 145 cm³/mol. The number of carbonyl (C=O) groups is 2. The molecule has 0 radical (unpaired) electrons. The number of alkyl halides is 2. The number of aromatic nitrogens is 3. The van der Waals surface area contributed by atoms with Gasteiger partial charge in [-0.3, -0.25) is 9.36 Å². The van der Waals surface area contributed by atoms with E-state index in [1.54, 1.807) is 11.0 Å². The number of nitrogens with zero attached hydrogens (tertiary/aromatic N) is 5. The van der Waals surface area contributed by atoms with Gasteiger partial charge in [0.15, 0.2) is 0 Å². The largest absolute Gasteiger partial charge is 0.473 e. The van der Waals surface area contributed by atoms with Gasteiger partial charge in [-0.1, -0.05) is 12.1 Å². The zero-order valence-corrected chi connectivity index (χ0v) is 23.1. The van der Waals surface area contributed by atoms with Crippen LogP contribution in [0.25, 0.3) is 22.3 Å². The number of fused-ring (bicyclic) bond motifs is 1. The van der Waals surface area contributed by atoms with Crippen LogP contribution in [0.3, 0.4) is 0 Å². The van der Waals surface area contributed by atoms with E-state index in [0.29, 0.717) is 50.4 Å². The highest BCUT2D eigenvalue weighted by molar-refractivity contribution is 5.85. The highest BCUT2D eigenvalue weighted by Gasteiger charge is 2.30. The standard InChI is InChI=1S/C28H34F2N6O4/c1-17(19-13-23(37)31-15-19)39-25-24-22(32-16-36(24)26(29)30)14-21(33-25)18-5-7-20(8-6-18)34-9-11-35(12-10-34)27(38)40-28(2,3)4/h5-8,14,16-17,19,26H,9-13,15H2,1-4H3,(H,31,37)/t17-,19-/m1/s1. The van der Waals surface area contributed by atoms with Crippen molar-refractivity contribution in [2.75, 3.05) is 37.6 Å². The molecule has 2 amide bonds. The topological polar surface area (TPSA) is 102 Å². The maximum absolute atomic E-state index is 13.7. The van der Waals surface area contributed by atoms with Crippen molar-refractivity contribution in [1.82, 2.24) is 24.8 Å². The summed E-state index contributed by atoms with van der Waals surface area (Å²) in [5.41, 5.74) is 2.24. The summed E-state index contributed by atoms with van der Waals surface area (Å²) in [5, 5.41) is 2.78. The summed E-state index contributed by atoms with van der Waals surface area (Å²) < 4.78 is 39.8. The van der Waals surface area contributed by atoms with Crippen molar-refractivity contribution in [2.45, 2.75) is 52.4 Å². The zero-order valence-electron chi connectivity index (χ0n) is 23.1. The molecule has 5 rings (SSSR count). The fourth-order valence-corrected chi connectivity index (χ4v) is 4.95. The van der Waals surface area contributed by atoms with Gasteiger partial charge < -0.3 is 24.6 Å². The number of nitrogens with one attached hydrogen (secondary N) is 1. The fraction of sp³-hybridized carbons (Fsp3) is 0.500. The first-order valence-electron chi connectivity index (χ1n) is 13.4. The SMILES string of the molecule is C[C@@H](Oc1nc(-c2ccc(N3CCN(C(=O)OC(C)(C)C)CC3)cc2)cc2ncn(C(F)F)c12)[C@H]1CNC(=O)C1. The number of amides is 2. The van der Waals surface area contributed by atoms with E-state index in [9.17, 15) is 18.4 Å². The van der Waals surface area contributed by atoms with Crippen molar-refractivity contribution in [2.24, 2.45) is 5.92 Å². The number of halogens is 2. The van der Waals surface area contributed by atoms with Crippen molar-refractivity contribution in [1.29, 1.82) is 0 Å². The third kappa shape index (κ3) is 5.95. The molecule has 214 valence electrons. The minimum Gasteiger partial charge on any atom is -0.473 e. The second-order valence-corrected chi connectivity index (χ2v) is 11.2. The number of ether oxygens (including phenoxy) is 2. The first-order valence-corrected chi connectivity index (χ1v) is 13.4. The highest BCUT2D eigenvalue weighted by Crippen LogP contribution is 2.33. The molecular weight excluding hydrogens is 522 g/mol. The Labute approximate surface area is 231 Å². The molecule has 0 unspecified atom stereocenters. The van der Waals surface area contributed by atoms with Crippen molar-refractivity contribution in [3.05, 3.63) is 36.7 Å². The Hall–Kier alpha value is -3.96. The van der Waals surface area contributed by atoms with Gasteiger partial charge in [0.05, 0.1) is 11.2 Å². The fourth-order valence-electron chi connectivity index (χ4n) is 4.95. The number of carbonyl (C=O) groups excluding carboxylic acids is 2. The lowest BCUT2D eigenvalue weighted by atomic mass is 10.0. The van der Waals surface area contributed by atoms with Crippen LogP contribution in [0.2, 0.25) is 0 Å². The Morgan fingerprint density at radius 3 is 2.42 bits per heavy atom. The van der Waals surface area contributed by atoms with Crippen LogP contribution in [0.4, 0.5) is 19.3 Å². The Kier molecular flexibility index (Phi) is 7.52. The highest BCUT2D eigenvalue weighted by atomic mass is 19.3. The lowest BCUT2D eigenvalue weighted by molar-refractivity contribution is -0.119. The monoisotopic (exact) mass is 556 g/mol. The van der Waals surface area contributed by atoms with Crippen LogP contribution in [0.1, 0.15) is 40.7 Å². The van der Waals surface area contributed by atoms with Crippen LogP contribution >= 0.6 is 0 Å². The molecule has 0 bridgehead atoms. The van der Waals surface area contributed by atoms with Gasteiger partial charge in [0.2, 0.25) is 11.8 Å². The molecule has 40 heavy (non-hydrogen) atoms. The molecule has 1 aromatic carbocycles. The van der Waals surface area contributed by atoms with Gasteiger partial charge in [0, 0.05) is 56.3 Å². The smallest absolute Gasteiger partial charge is 0.410 e. The van der Waals surface area contributed by atoms with Crippen molar-refractivity contribution < 1.29 is 27.8 Å². The maximum Gasteiger partial charge on any atom is 0.410 e. The number of hydrogen-bond acceptors (Lipinski definition) is 7.